The Kier molecular flexibility index (Phi) is 4.31. The standard InChI is InChI=1S/C22H24N4OS/c1-13-5-7-14(8-6-13)19-18-16-3-2-4-17(16)28-21(18)25-22(24-19)26-11-9-15(10-12-26)20(23)27/h5-8,15H,2-4,9-12H2,1H3,(H2,23,27). The van der Waals surface area contributed by atoms with Crippen LogP contribution in [0.4, 0.5) is 5.95 Å². The summed E-state index contributed by atoms with van der Waals surface area (Å²) in [6.07, 6.45) is 5.06. The van der Waals surface area contributed by atoms with E-state index in [0.29, 0.717) is 0 Å². The van der Waals surface area contributed by atoms with Crippen LogP contribution in [0, 0.1) is 12.8 Å². The number of aryl methyl sites for hydroxylation is 3. The average Bonchev–Trinajstić information content (AvgIpc) is 3.29. The van der Waals surface area contributed by atoms with Gasteiger partial charge in [-0.15, -0.1) is 11.3 Å². The van der Waals surface area contributed by atoms with Crippen LogP contribution >= 0.6 is 11.3 Å². The van der Waals surface area contributed by atoms with Crippen molar-refractivity contribution >= 4 is 33.4 Å². The molecular weight excluding hydrogens is 368 g/mol. The van der Waals surface area contributed by atoms with Gasteiger partial charge < -0.3 is 10.6 Å². The highest BCUT2D eigenvalue weighted by atomic mass is 32.1. The topological polar surface area (TPSA) is 72.1 Å². The van der Waals surface area contributed by atoms with E-state index in [2.05, 4.69) is 36.1 Å². The summed E-state index contributed by atoms with van der Waals surface area (Å²) in [6.45, 7) is 3.66. The van der Waals surface area contributed by atoms with E-state index in [0.717, 1.165) is 60.8 Å². The van der Waals surface area contributed by atoms with E-state index >= 15 is 0 Å². The first kappa shape index (κ1) is 17.6. The van der Waals surface area contributed by atoms with Gasteiger partial charge in [-0.25, -0.2) is 9.97 Å². The van der Waals surface area contributed by atoms with Crippen molar-refractivity contribution in [3.05, 3.63) is 40.3 Å². The Morgan fingerprint density at radius 1 is 1.14 bits per heavy atom. The molecule has 2 aromatic heterocycles. The molecule has 0 atom stereocenters. The minimum absolute atomic E-state index is 0.0258. The average molecular weight is 393 g/mol. The summed E-state index contributed by atoms with van der Waals surface area (Å²) in [5.74, 6) is 0.569. The van der Waals surface area contributed by atoms with Crippen molar-refractivity contribution in [2.24, 2.45) is 11.7 Å². The second-order valence-electron chi connectivity index (χ2n) is 7.94. The maximum absolute atomic E-state index is 11.5. The molecule has 144 valence electrons. The van der Waals surface area contributed by atoms with Gasteiger partial charge in [-0.1, -0.05) is 29.8 Å². The van der Waals surface area contributed by atoms with Gasteiger partial charge in [0.2, 0.25) is 11.9 Å². The third-order valence-electron chi connectivity index (χ3n) is 6.06. The first-order chi connectivity index (χ1) is 13.6. The number of nitrogens with zero attached hydrogens (tertiary/aromatic N) is 3. The van der Waals surface area contributed by atoms with Gasteiger partial charge in [-0.3, -0.25) is 4.79 Å². The zero-order valence-corrected chi connectivity index (χ0v) is 16.9. The van der Waals surface area contributed by atoms with Crippen molar-refractivity contribution in [1.29, 1.82) is 0 Å². The lowest BCUT2D eigenvalue weighted by Crippen LogP contribution is -2.39. The van der Waals surface area contributed by atoms with E-state index in [1.807, 2.05) is 11.3 Å². The third-order valence-corrected chi connectivity index (χ3v) is 7.24. The van der Waals surface area contributed by atoms with E-state index < -0.39 is 0 Å². The zero-order chi connectivity index (χ0) is 19.3. The number of hydrogen-bond donors (Lipinski definition) is 1. The molecule has 28 heavy (non-hydrogen) atoms. The molecule has 0 saturated carbocycles. The number of carbonyl (C=O) groups excluding carboxylic acids is 1. The first-order valence-electron chi connectivity index (χ1n) is 10.0. The minimum atomic E-state index is -0.189. The molecule has 6 heteroatoms. The fourth-order valence-electron chi connectivity index (χ4n) is 4.41. The molecule has 0 radical (unpaired) electrons. The lowest BCUT2D eigenvalue weighted by molar-refractivity contribution is -0.122. The van der Waals surface area contributed by atoms with E-state index in [1.54, 1.807) is 0 Å². The fourth-order valence-corrected chi connectivity index (χ4v) is 5.67. The summed E-state index contributed by atoms with van der Waals surface area (Å²) in [5.41, 5.74) is 10.4. The largest absolute Gasteiger partial charge is 0.369 e. The highest BCUT2D eigenvalue weighted by Gasteiger charge is 2.27. The fraction of sp³-hybridized carbons (Fsp3) is 0.409. The van der Waals surface area contributed by atoms with Crippen LogP contribution in [0.5, 0.6) is 0 Å². The Labute approximate surface area is 168 Å². The van der Waals surface area contributed by atoms with Crippen molar-refractivity contribution in [3.63, 3.8) is 0 Å². The lowest BCUT2D eigenvalue weighted by atomic mass is 9.96. The summed E-state index contributed by atoms with van der Waals surface area (Å²) in [7, 11) is 0. The number of primary amides is 1. The van der Waals surface area contributed by atoms with Gasteiger partial charge in [0.05, 0.1) is 5.69 Å². The predicted molar refractivity (Wildman–Crippen MR) is 114 cm³/mol. The minimum Gasteiger partial charge on any atom is -0.369 e. The van der Waals surface area contributed by atoms with Crippen molar-refractivity contribution in [2.75, 3.05) is 18.0 Å². The predicted octanol–water partition coefficient (Wildman–Crippen LogP) is 3.86. The van der Waals surface area contributed by atoms with Gasteiger partial charge in [0, 0.05) is 34.8 Å². The number of aromatic nitrogens is 2. The van der Waals surface area contributed by atoms with E-state index in [1.165, 1.54) is 27.8 Å². The molecule has 1 aliphatic heterocycles. The second kappa shape index (κ2) is 6.85. The van der Waals surface area contributed by atoms with Crippen LogP contribution in [0.15, 0.2) is 24.3 Å². The Bertz CT molecular complexity index is 1050. The van der Waals surface area contributed by atoms with E-state index in [-0.39, 0.29) is 11.8 Å². The molecule has 2 N–H and O–H groups in total. The number of fused-ring (bicyclic) bond motifs is 3. The van der Waals surface area contributed by atoms with Crippen molar-refractivity contribution in [3.8, 4) is 11.3 Å². The number of rotatable bonds is 3. The van der Waals surface area contributed by atoms with Crippen LogP contribution in [0.3, 0.4) is 0 Å². The van der Waals surface area contributed by atoms with Gasteiger partial charge in [0.15, 0.2) is 0 Å². The molecule has 1 aliphatic carbocycles. The normalized spacial score (nSPS) is 17.2. The van der Waals surface area contributed by atoms with Crippen LogP contribution in [-0.4, -0.2) is 29.0 Å². The molecule has 3 heterocycles. The smallest absolute Gasteiger partial charge is 0.227 e. The quantitative estimate of drug-likeness (QED) is 0.735. The number of carbonyl (C=O) groups is 1. The summed E-state index contributed by atoms with van der Waals surface area (Å²) < 4.78 is 0. The number of thiophene rings is 1. The number of anilines is 1. The maximum Gasteiger partial charge on any atom is 0.227 e. The van der Waals surface area contributed by atoms with Crippen LogP contribution in [0.25, 0.3) is 21.5 Å². The molecule has 5 rings (SSSR count). The van der Waals surface area contributed by atoms with Crippen LogP contribution < -0.4 is 10.6 Å². The SMILES string of the molecule is Cc1ccc(-c2nc(N3CCC(C(N)=O)CC3)nc3sc4c(c23)CCC4)cc1. The summed E-state index contributed by atoms with van der Waals surface area (Å²) in [4.78, 5) is 26.3. The highest BCUT2D eigenvalue weighted by Crippen LogP contribution is 2.41. The molecule has 2 aliphatic rings. The molecule has 0 spiro atoms. The number of nitrogens with two attached hydrogens (primary N) is 1. The molecule has 0 bridgehead atoms. The molecule has 1 aromatic carbocycles. The lowest BCUT2D eigenvalue weighted by Gasteiger charge is -2.30. The monoisotopic (exact) mass is 392 g/mol. The van der Waals surface area contributed by atoms with Gasteiger partial charge >= 0.3 is 0 Å². The van der Waals surface area contributed by atoms with Gasteiger partial charge in [0.25, 0.3) is 0 Å². The van der Waals surface area contributed by atoms with Crippen LogP contribution in [0.1, 0.15) is 35.3 Å². The van der Waals surface area contributed by atoms with Crippen molar-refractivity contribution in [1.82, 2.24) is 9.97 Å². The number of hydrogen-bond acceptors (Lipinski definition) is 5. The molecular formula is C22H24N4OS. The van der Waals surface area contributed by atoms with Crippen LogP contribution in [0.2, 0.25) is 0 Å². The van der Waals surface area contributed by atoms with Crippen molar-refractivity contribution in [2.45, 2.75) is 39.0 Å². The number of piperidine rings is 1. The number of benzene rings is 1. The molecule has 1 amide bonds. The van der Waals surface area contributed by atoms with Crippen molar-refractivity contribution < 1.29 is 4.79 Å². The molecule has 1 fully saturated rings. The Hall–Kier alpha value is -2.47. The molecule has 3 aromatic rings. The Morgan fingerprint density at radius 2 is 1.89 bits per heavy atom. The Balaban J connectivity index is 1.60. The van der Waals surface area contributed by atoms with Gasteiger partial charge in [0.1, 0.15) is 4.83 Å². The van der Waals surface area contributed by atoms with Gasteiger partial charge in [-0.2, -0.15) is 0 Å². The highest BCUT2D eigenvalue weighted by molar-refractivity contribution is 7.19. The van der Waals surface area contributed by atoms with Gasteiger partial charge in [-0.05, 0) is 44.6 Å². The summed E-state index contributed by atoms with van der Waals surface area (Å²) >= 11 is 1.83. The summed E-state index contributed by atoms with van der Waals surface area (Å²) in [6, 6.07) is 8.63. The Morgan fingerprint density at radius 3 is 2.61 bits per heavy atom. The first-order valence-corrected chi connectivity index (χ1v) is 10.9. The van der Waals surface area contributed by atoms with Crippen LogP contribution in [-0.2, 0) is 17.6 Å². The second-order valence-corrected chi connectivity index (χ2v) is 9.02. The maximum atomic E-state index is 11.5. The number of amides is 1. The van der Waals surface area contributed by atoms with E-state index in [4.69, 9.17) is 15.7 Å². The zero-order valence-electron chi connectivity index (χ0n) is 16.1. The molecule has 0 unspecified atom stereocenters. The molecule has 1 saturated heterocycles. The molecule has 5 nitrogen and oxygen atoms in total. The van der Waals surface area contributed by atoms with E-state index in [9.17, 15) is 4.79 Å². The third kappa shape index (κ3) is 2.96. The summed E-state index contributed by atoms with van der Waals surface area (Å²) in [5, 5.41) is 1.25.